The number of carbonyl (C=O) groups is 2. The summed E-state index contributed by atoms with van der Waals surface area (Å²) in [7, 11) is 3.76. The van der Waals surface area contributed by atoms with E-state index in [1.807, 2.05) is 38.4 Å². The van der Waals surface area contributed by atoms with Gasteiger partial charge in [0.2, 0.25) is 0 Å². The largest absolute Gasteiger partial charge is 0.481 e. The van der Waals surface area contributed by atoms with Crippen molar-refractivity contribution in [3.8, 4) is 0 Å². The highest BCUT2D eigenvalue weighted by atomic mass is 35.5. The molecule has 0 fully saturated rings. The Balaban J connectivity index is 2.37. The normalized spacial score (nSPS) is 13.1. The molecule has 0 aliphatic heterocycles. The summed E-state index contributed by atoms with van der Waals surface area (Å²) in [5.74, 6) is -1.31. The molecule has 2 N–H and O–H groups in total. The number of quaternary nitrogens is 1. The third-order valence-electron chi connectivity index (χ3n) is 3.82. The van der Waals surface area contributed by atoms with Gasteiger partial charge in [0.15, 0.2) is 11.8 Å². The minimum Gasteiger partial charge on any atom is -0.481 e. The molecule has 1 aromatic carbocycles. The molecule has 0 radical (unpaired) electrons. The van der Waals surface area contributed by atoms with Crippen LogP contribution in [-0.2, 0) is 9.59 Å². The van der Waals surface area contributed by atoms with Crippen LogP contribution >= 0.6 is 23.5 Å². The number of hydrogen-bond acceptors (Lipinski definition) is 3. The summed E-state index contributed by atoms with van der Waals surface area (Å²) >= 11 is 7.73. The molecule has 0 spiro atoms. The molecular formula is C17H22ClN2O4S+. The zero-order chi connectivity index (χ0) is 18.6. The standard InChI is InChI=1S/C17H21ClN2O4S/c1-20(2,18)9-10-25-16-13-6-4-3-5-12(13)11-19(16)14(17(23)24)7-8-15(21)22/h3-6,11,14H,7-10H2,1-2H3,(H-,21,22,23,24)/p+1. The van der Waals surface area contributed by atoms with Crippen LogP contribution in [0.25, 0.3) is 10.8 Å². The average Bonchev–Trinajstić information content (AvgIpc) is 2.84. The van der Waals surface area contributed by atoms with Crippen molar-refractivity contribution in [1.29, 1.82) is 0 Å². The van der Waals surface area contributed by atoms with E-state index >= 15 is 0 Å². The second kappa shape index (κ2) is 8.12. The van der Waals surface area contributed by atoms with Gasteiger partial charge in [0.05, 0.1) is 24.9 Å². The Morgan fingerprint density at radius 1 is 1.28 bits per heavy atom. The Labute approximate surface area is 155 Å². The van der Waals surface area contributed by atoms with Gasteiger partial charge in [0.1, 0.15) is 12.6 Å². The molecule has 1 aromatic heterocycles. The van der Waals surface area contributed by atoms with Gasteiger partial charge in [0.25, 0.3) is 0 Å². The summed E-state index contributed by atoms with van der Waals surface area (Å²) in [6, 6.07) is 6.76. The van der Waals surface area contributed by atoms with Gasteiger partial charge in [-0.05, 0) is 6.42 Å². The zero-order valence-electron chi connectivity index (χ0n) is 14.2. The summed E-state index contributed by atoms with van der Waals surface area (Å²) in [6.07, 6.45) is 1.64. The lowest BCUT2D eigenvalue weighted by Gasteiger charge is -2.20. The Morgan fingerprint density at radius 3 is 2.56 bits per heavy atom. The highest BCUT2D eigenvalue weighted by Gasteiger charge is 2.25. The van der Waals surface area contributed by atoms with Crippen molar-refractivity contribution < 1.29 is 23.8 Å². The van der Waals surface area contributed by atoms with E-state index in [4.69, 9.17) is 16.9 Å². The fourth-order valence-electron chi connectivity index (χ4n) is 2.54. The van der Waals surface area contributed by atoms with Crippen LogP contribution in [0.5, 0.6) is 0 Å². The molecule has 1 heterocycles. The number of hydrogen-bond donors (Lipinski definition) is 2. The van der Waals surface area contributed by atoms with Gasteiger partial charge in [-0.15, -0.1) is 11.8 Å². The summed E-state index contributed by atoms with van der Waals surface area (Å²) < 4.78 is 1.99. The van der Waals surface area contributed by atoms with E-state index in [1.165, 1.54) is 0 Å². The lowest BCUT2D eigenvalue weighted by atomic mass is 10.1. The van der Waals surface area contributed by atoms with E-state index in [1.54, 1.807) is 22.5 Å². The number of halogens is 1. The van der Waals surface area contributed by atoms with E-state index in [-0.39, 0.29) is 12.8 Å². The third kappa shape index (κ3) is 5.39. The second-order valence-electron chi connectivity index (χ2n) is 6.32. The maximum absolute atomic E-state index is 11.7. The SMILES string of the molecule is C[N+](C)(Cl)CCSc1c2ccccc2cn1C(CCC(=O)O)C(=O)O. The molecule has 2 rings (SSSR count). The number of aliphatic carboxylic acids is 2. The third-order valence-corrected chi connectivity index (χ3v) is 5.08. The zero-order valence-corrected chi connectivity index (χ0v) is 15.8. The van der Waals surface area contributed by atoms with Crippen LogP contribution in [0.2, 0.25) is 0 Å². The summed E-state index contributed by atoms with van der Waals surface area (Å²) in [5.41, 5.74) is 0. The van der Waals surface area contributed by atoms with E-state index in [0.717, 1.165) is 21.6 Å². The first-order valence-corrected chi connectivity index (χ1v) is 9.21. The molecule has 1 unspecified atom stereocenters. The fraction of sp³-hybridized carbons (Fsp3) is 0.412. The summed E-state index contributed by atoms with van der Waals surface area (Å²) in [5, 5.41) is 21.2. The molecule has 0 aliphatic carbocycles. The second-order valence-corrected chi connectivity index (χ2v) is 8.32. The smallest absolute Gasteiger partial charge is 0.326 e. The fourth-order valence-corrected chi connectivity index (χ4v) is 4.13. The van der Waals surface area contributed by atoms with E-state index in [2.05, 4.69) is 0 Å². The van der Waals surface area contributed by atoms with Gasteiger partial charge < -0.3 is 14.8 Å². The van der Waals surface area contributed by atoms with Crippen molar-refractivity contribution in [1.82, 2.24) is 4.57 Å². The molecule has 0 saturated carbocycles. The van der Waals surface area contributed by atoms with E-state index in [0.29, 0.717) is 10.5 Å². The first kappa shape index (κ1) is 19.6. The van der Waals surface area contributed by atoms with Crippen molar-refractivity contribution in [2.24, 2.45) is 0 Å². The van der Waals surface area contributed by atoms with Gasteiger partial charge in [-0.3, -0.25) is 4.79 Å². The predicted molar refractivity (Wildman–Crippen MR) is 99.0 cm³/mol. The van der Waals surface area contributed by atoms with E-state index in [9.17, 15) is 14.7 Å². The summed E-state index contributed by atoms with van der Waals surface area (Å²) in [4.78, 5) is 22.6. The van der Waals surface area contributed by atoms with Gasteiger partial charge >= 0.3 is 11.9 Å². The number of rotatable bonds is 9. The van der Waals surface area contributed by atoms with Crippen molar-refractivity contribution in [3.63, 3.8) is 0 Å². The van der Waals surface area contributed by atoms with Crippen LogP contribution in [0.15, 0.2) is 35.5 Å². The molecule has 0 saturated heterocycles. The first-order valence-electron chi connectivity index (χ1n) is 7.88. The van der Waals surface area contributed by atoms with Crippen molar-refractivity contribution in [2.75, 3.05) is 26.4 Å². The molecule has 136 valence electrons. The quantitative estimate of drug-likeness (QED) is 0.510. The van der Waals surface area contributed by atoms with Crippen molar-refractivity contribution in [2.45, 2.75) is 23.9 Å². The maximum atomic E-state index is 11.7. The molecule has 0 bridgehead atoms. The summed E-state index contributed by atoms with van der Waals surface area (Å²) in [6.45, 7) is 0.707. The molecule has 6 nitrogen and oxygen atoms in total. The van der Waals surface area contributed by atoms with Crippen LogP contribution in [0.4, 0.5) is 0 Å². The van der Waals surface area contributed by atoms with Gasteiger partial charge in [-0.1, -0.05) is 24.3 Å². The number of carboxylic acids is 2. The molecule has 25 heavy (non-hydrogen) atoms. The molecule has 8 heteroatoms. The lowest BCUT2D eigenvalue weighted by molar-refractivity contribution is -0.768. The molecule has 1 atom stereocenters. The van der Waals surface area contributed by atoms with Crippen LogP contribution < -0.4 is 0 Å². The van der Waals surface area contributed by atoms with Gasteiger partial charge in [-0.25, -0.2) is 8.80 Å². The van der Waals surface area contributed by atoms with Crippen LogP contribution in [0.3, 0.4) is 0 Å². The Morgan fingerprint density at radius 2 is 1.96 bits per heavy atom. The predicted octanol–water partition coefficient (Wildman–Crippen LogP) is 3.45. The number of fused-ring (bicyclic) bond motifs is 1. The molecule has 2 aromatic rings. The number of benzene rings is 1. The lowest BCUT2D eigenvalue weighted by Crippen LogP contribution is -2.30. The molecule has 0 aliphatic rings. The Kier molecular flexibility index (Phi) is 6.37. The van der Waals surface area contributed by atoms with Gasteiger partial charge in [0, 0.05) is 23.4 Å². The maximum Gasteiger partial charge on any atom is 0.326 e. The number of nitrogens with zero attached hydrogens (tertiary/aromatic N) is 2. The number of thioether (sulfide) groups is 1. The monoisotopic (exact) mass is 385 g/mol. The number of aromatic nitrogens is 1. The minimum atomic E-state index is -1.03. The Hall–Kier alpha value is -1.70. The van der Waals surface area contributed by atoms with E-state index < -0.39 is 18.0 Å². The van der Waals surface area contributed by atoms with Crippen molar-refractivity contribution >= 4 is 46.2 Å². The number of carboxylic acid groups (broad SMARTS) is 2. The molecule has 0 amide bonds. The van der Waals surface area contributed by atoms with Crippen LogP contribution in [0, 0.1) is 0 Å². The van der Waals surface area contributed by atoms with Crippen molar-refractivity contribution in [3.05, 3.63) is 30.5 Å². The highest BCUT2D eigenvalue weighted by Crippen LogP contribution is 2.34. The van der Waals surface area contributed by atoms with Crippen LogP contribution in [0.1, 0.15) is 18.9 Å². The first-order chi connectivity index (χ1) is 11.7. The average molecular weight is 386 g/mol. The topological polar surface area (TPSA) is 79.5 Å². The highest BCUT2D eigenvalue weighted by molar-refractivity contribution is 7.99. The van der Waals surface area contributed by atoms with Crippen LogP contribution in [-0.4, -0.2) is 57.1 Å². The Bertz CT molecular complexity index is 770. The van der Waals surface area contributed by atoms with Gasteiger partial charge in [-0.2, -0.15) is 0 Å². The minimum absolute atomic E-state index is 0.0380. The molecular weight excluding hydrogens is 364 g/mol.